The number of nitrogens with zero attached hydrogens (tertiary/aromatic N) is 2. The van der Waals surface area contributed by atoms with Crippen molar-refractivity contribution in [1.29, 1.82) is 0 Å². The van der Waals surface area contributed by atoms with Gasteiger partial charge in [0, 0.05) is 25.4 Å². The number of fused-ring (bicyclic) bond motifs is 1. The Balaban J connectivity index is 2.50. The SMILES string of the molecule is CN1CCc2c(CO)ccnc21. The van der Waals surface area contributed by atoms with Crippen LogP contribution in [0.3, 0.4) is 0 Å². The molecular formula is C9H12N2O. The summed E-state index contributed by atoms with van der Waals surface area (Å²) in [7, 11) is 2.03. The van der Waals surface area contributed by atoms with Crippen molar-refractivity contribution < 1.29 is 5.11 Å². The summed E-state index contributed by atoms with van der Waals surface area (Å²) in [4.78, 5) is 6.38. The zero-order valence-electron chi connectivity index (χ0n) is 7.12. The molecule has 1 N–H and O–H groups in total. The fourth-order valence-electron chi connectivity index (χ4n) is 1.65. The van der Waals surface area contributed by atoms with Crippen LogP contribution in [0.15, 0.2) is 12.3 Å². The summed E-state index contributed by atoms with van der Waals surface area (Å²) in [5.41, 5.74) is 2.23. The molecule has 0 bridgehead atoms. The molecule has 3 heteroatoms. The Labute approximate surface area is 71.7 Å². The van der Waals surface area contributed by atoms with E-state index in [0.29, 0.717) is 0 Å². The summed E-state index contributed by atoms with van der Waals surface area (Å²) < 4.78 is 0. The lowest BCUT2D eigenvalue weighted by atomic mass is 10.1. The molecule has 0 amide bonds. The molecule has 1 aromatic rings. The maximum absolute atomic E-state index is 9.04. The molecule has 0 aliphatic carbocycles. The molecule has 64 valence electrons. The highest BCUT2D eigenvalue weighted by molar-refractivity contribution is 5.54. The topological polar surface area (TPSA) is 36.4 Å². The van der Waals surface area contributed by atoms with E-state index in [1.165, 1.54) is 5.56 Å². The van der Waals surface area contributed by atoms with Gasteiger partial charge in [0.25, 0.3) is 0 Å². The van der Waals surface area contributed by atoms with Crippen molar-refractivity contribution in [2.24, 2.45) is 0 Å². The fourth-order valence-corrected chi connectivity index (χ4v) is 1.65. The van der Waals surface area contributed by atoms with Crippen molar-refractivity contribution in [3.8, 4) is 0 Å². The minimum absolute atomic E-state index is 0.124. The Morgan fingerprint density at radius 1 is 1.67 bits per heavy atom. The van der Waals surface area contributed by atoms with Gasteiger partial charge in [0.1, 0.15) is 5.82 Å². The van der Waals surface area contributed by atoms with Crippen molar-refractivity contribution in [3.63, 3.8) is 0 Å². The zero-order chi connectivity index (χ0) is 8.55. The van der Waals surface area contributed by atoms with Crippen molar-refractivity contribution in [2.75, 3.05) is 18.5 Å². The quantitative estimate of drug-likeness (QED) is 0.659. The summed E-state index contributed by atoms with van der Waals surface area (Å²) >= 11 is 0. The molecule has 0 atom stereocenters. The Morgan fingerprint density at radius 2 is 2.50 bits per heavy atom. The van der Waals surface area contributed by atoms with Gasteiger partial charge in [-0.3, -0.25) is 0 Å². The summed E-state index contributed by atoms with van der Waals surface area (Å²) in [6, 6.07) is 1.89. The molecule has 1 aliphatic rings. The second-order valence-corrected chi connectivity index (χ2v) is 3.10. The van der Waals surface area contributed by atoms with Crippen molar-refractivity contribution in [2.45, 2.75) is 13.0 Å². The molecule has 0 saturated carbocycles. The lowest BCUT2D eigenvalue weighted by Crippen LogP contribution is -2.13. The predicted octanol–water partition coefficient (Wildman–Crippen LogP) is 0.566. The Hall–Kier alpha value is -1.09. The van der Waals surface area contributed by atoms with E-state index in [2.05, 4.69) is 9.88 Å². The number of rotatable bonds is 1. The highest BCUT2D eigenvalue weighted by Crippen LogP contribution is 2.26. The molecule has 12 heavy (non-hydrogen) atoms. The van der Waals surface area contributed by atoms with Crippen LogP contribution in [0.4, 0.5) is 5.82 Å². The second-order valence-electron chi connectivity index (χ2n) is 3.10. The Bertz CT molecular complexity index is 299. The first kappa shape index (κ1) is 7.55. The van der Waals surface area contributed by atoms with Crippen molar-refractivity contribution in [1.82, 2.24) is 4.98 Å². The molecule has 0 fully saturated rings. The number of aliphatic hydroxyl groups is 1. The lowest BCUT2D eigenvalue weighted by molar-refractivity contribution is 0.281. The largest absolute Gasteiger partial charge is 0.392 e. The van der Waals surface area contributed by atoms with Gasteiger partial charge in [0.2, 0.25) is 0 Å². The molecule has 1 aromatic heterocycles. The van der Waals surface area contributed by atoms with Crippen LogP contribution in [-0.4, -0.2) is 23.7 Å². The van der Waals surface area contributed by atoms with E-state index < -0.39 is 0 Å². The molecule has 0 unspecified atom stereocenters. The van der Waals surface area contributed by atoms with Crippen LogP contribution in [0.2, 0.25) is 0 Å². The number of anilines is 1. The van der Waals surface area contributed by atoms with Crippen LogP contribution in [0.25, 0.3) is 0 Å². The minimum Gasteiger partial charge on any atom is -0.392 e. The highest BCUT2D eigenvalue weighted by Gasteiger charge is 2.19. The van der Waals surface area contributed by atoms with Crippen LogP contribution in [0.5, 0.6) is 0 Å². The minimum atomic E-state index is 0.124. The van der Waals surface area contributed by atoms with Crippen LogP contribution in [0.1, 0.15) is 11.1 Å². The first-order chi connectivity index (χ1) is 5.83. The third kappa shape index (κ3) is 0.975. The van der Waals surface area contributed by atoms with E-state index in [0.717, 1.165) is 24.3 Å². The third-order valence-corrected chi connectivity index (χ3v) is 2.36. The van der Waals surface area contributed by atoms with E-state index in [1.54, 1.807) is 6.20 Å². The van der Waals surface area contributed by atoms with Gasteiger partial charge in [-0.2, -0.15) is 0 Å². The number of pyridine rings is 1. The van der Waals surface area contributed by atoms with Gasteiger partial charge in [0.05, 0.1) is 6.61 Å². The van der Waals surface area contributed by atoms with Crippen LogP contribution >= 0.6 is 0 Å². The van der Waals surface area contributed by atoms with E-state index in [9.17, 15) is 0 Å². The number of aromatic nitrogens is 1. The smallest absolute Gasteiger partial charge is 0.131 e. The lowest BCUT2D eigenvalue weighted by Gasteiger charge is -2.10. The normalized spacial score (nSPS) is 15.0. The fraction of sp³-hybridized carbons (Fsp3) is 0.444. The molecule has 0 aromatic carbocycles. The van der Waals surface area contributed by atoms with Crippen LogP contribution < -0.4 is 4.90 Å². The summed E-state index contributed by atoms with van der Waals surface area (Å²) in [6.45, 7) is 1.14. The van der Waals surface area contributed by atoms with E-state index in [1.807, 2.05) is 13.1 Å². The third-order valence-electron chi connectivity index (χ3n) is 2.36. The zero-order valence-corrected chi connectivity index (χ0v) is 7.12. The number of hydrogen-bond acceptors (Lipinski definition) is 3. The molecule has 0 saturated heterocycles. The van der Waals surface area contributed by atoms with E-state index in [-0.39, 0.29) is 6.61 Å². The van der Waals surface area contributed by atoms with Crippen LogP contribution in [-0.2, 0) is 13.0 Å². The molecule has 2 rings (SSSR count). The maximum atomic E-state index is 9.04. The number of likely N-dealkylation sites (N-methyl/N-ethyl adjacent to an activating group) is 1. The maximum Gasteiger partial charge on any atom is 0.131 e. The summed E-state index contributed by atoms with van der Waals surface area (Å²) in [5.74, 6) is 1.03. The Kier molecular flexibility index (Phi) is 1.73. The predicted molar refractivity (Wildman–Crippen MR) is 47.1 cm³/mol. The molecule has 2 heterocycles. The van der Waals surface area contributed by atoms with E-state index in [4.69, 9.17) is 5.11 Å². The Morgan fingerprint density at radius 3 is 3.25 bits per heavy atom. The monoisotopic (exact) mass is 164 g/mol. The standard InChI is InChI=1S/C9H12N2O/c1-11-5-3-8-7(6-12)2-4-10-9(8)11/h2,4,12H,3,5-6H2,1H3. The average molecular weight is 164 g/mol. The molecule has 1 aliphatic heterocycles. The molecule has 3 nitrogen and oxygen atoms in total. The van der Waals surface area contributed by atoms with Crippen molar-refractivity contribution >= 4 is 5.82 Å². The number of aliphatic hydroxyl groups excluding tert-OH is 1. The second kappa shape index (κ2) is 2.75. The summed E-state index contributed by atoms with van der Waals surface area (Å²) in [6.07, 6.45) is 2.77. The van der Waals surface area contributed by atoms with Crippen molar-refractivity contribution in [3.05, 3.63) is 23.4 Å². The van der Waals surface area contributed by atoms with E-state index >= 15 is 0 Å². The first-order valence-corrected chi connectivity index (χ1v) is 4.11. The highest BCUT2D eigenvalue weighted by atomic mass is 16.3. The van der Waals surface area contributed by atoms with Gasteiger partial charge in [0.15, 0.2) is 0 Å². The molecular weight excluding hydrogens is 152 g/mol. The first-order valence-electron chi connectivity index (χ1n) is 4.11. The summed E-state index contributed by atoms with van der Waals surface area (Å²) in [5, 5.41) is 9.04. The van der Waals surface area contributed by atoms with Gasteiger partial charge in [-0.05, 0) is 18.1 Å². The number of hydrogen-bond donors (Lipinski definition) is 1. The van der Waals surface area contributed by atoms with Crippen LogP contribution in [0, 0.1) is 0 Å². The molecule has 0 spiro atoms. The van der Waals surface area contributed by atoms with Gasteiger partial charge >= 0.3 is 0 Å². The average Bonchev–Trinajstić information content (AvgIpc) is 2.48. The van der Waals surface area contributed by atoms with Gasteiger partial charge in [-0.25, -0.2) is 4.98 Å². The van der Waals surface area contributed by atoms with Gasteiger partial charge in [-0.15, -0.1) is 0 Å². The van der Waals surface area contributed by atoms with Gasteiger partial charge < -0.3 is 10.0 Å². The molecule has 0 radical (unpaired) electrons. The van der Waals surface area contributed by atoms with Gasteiger partial charge in [-0.1, -0.05) is 0 Å².